The number of nitrogens with one attached hydrogen (secondary N) is 2. The minimum absolute atomic E-state index is 0.0826. The Hall–Kier alpha value is -2.42. The van der Waals surface area contributed by atoms with Gasteiger partial charge in [-0.1, -0.05) is 11.8 Å². The number of aryl methyl sites for hydroxylation is 2. The fraction of sp³-hybridized carbons (Fsp3) is 0.250. The molecule has 110 valence electrons. The largest absolute Gasteiger partial charge is 0.320 e. The topological polar surface area (TPSA) is 114 Å². The molecule has 0 saturated heterocycles. The molecule has 0 aliphatic carbocycles. The molecule has 0 radical (unpaired) electrons. The Bertz CT molecular complexity index is 672. The van der Waals surface area contributed by atoms with Crippen molar-refractivity contribution >= 4 is 29.0 Å². The number of carbonyl (C=O) groups is 1. The van der Waals surface area contributed by atoms with Gasteiger partial charge >= 0.3 is 0 Å². The Kier molecular flexibility index (Phi) is 4.53. The smallest absolute Gasteiger partial charge is 0.293 e. The van der Waals surface area contributed by atoms with Gasteiger partial charge in [-0.2, -0.15) is 5.10 Å². The van der Waals surface area contributed by atoms with Gasteiger partial charge in [0, 0.05) is 6.07 Å². The van der Waals surface area contributed by atoms with E-state index in [0.29, 0.717) is 5.16 Å². The van der Waals surface area contributed by atoms with Gasteiger partial charge in [0.2, 0.25) is 5.91 Å². The average Bonchev–Trinajstić information content (AvgIpc) is 2.93. The number of nitro groups is 1. The number of nitrogens with zero attached hydrogens (tertiary/aromatic N) is 3. The molecular weight excluding hydrogens is 294 g/mol. The van der Waals surface area contributed by atoms with E-state index in [0.717, 1.165) is 22.9 Å². The van der Waals surface area contributed by atoms with Gasteiger partial charge in [-0.15, -0.1) is 0 Å². The number of H-pyrrole nitrogens is 1. The lowest BCUT2D eigenvalue weighted by Crippen LogP contribution is -2.15. The van der Waals surface area contributed by atoms with Gasteiger partial charge in [0.25, 0.3) is 5.69 Å². The molecule has 0 bridgehead atoms. The second kappa shape index (κ2) is 6.35. The van der Waals surface area contributed by atoms with Crippen LogP contribution in [0.15, 0.2) is 23.6 Å². The van der Waals surface area contributed by atoms with E-state index >= 15 is 0 Å². The lowest BCUT2D eigenvalue weighted by atomic mass is 10.1. The summed E-state index contributed by atoms with van der Waals surface area (Å²) in [4.78, 5) is 26.3. The molecule has 21 heavy (non-hydrogen) atoms. The van der Waals surface area contributed by atoms with Crippen LogP contribution in [0, 0.1) is 24.0 Å². The maximum atomic E-state index is 11.9. The molecule has 0 atom stereocenters. The molecule has 9 heteroatoms. The van der Waals surface area contributed by atoms with Crippen LogP contribution >= 0.6 is 11.8 Å². The SMILES string of the molecule is Cc1cc(NC(=O)CSc2ncn[nH]2)c([N+](=O)[O-])cc1C. The van der Waals surface area contributed by atoms with Gasteiger partial charge in [0.05, 0.1) is 10.7 Å². The zero-order valence-electron chi connectivity index (χ0n) is 11.4. The number of benzene rings is 1. The lowest BCUT2D eigenvalue weighted by molar-refractivity contribution is -0.384. The average molecular weight is 307 g/mol. The van der Waals surface area contributed by atoms with Crippen molar-refractivity contribution in [3.63, 3.8) is 0 Å². The van der Waals surface area contributed by atoms with E-state index < -0.39 is 4.92 Å². The molecule has 0 aliphatic heterocycles. The van der Waals surface area contributed by atoms with Crippen LogP contribution < -0.4 is 5.32 Å². The Morgan fingerprint density at radius 1 is 1.43 bits per heavy atom. The summed E-state index contributed by atoms with van der Waals surface area (Å²) in [6.45, 7) is 3.62. The first-order chi connectivity index (χ1) is 9.97. The minimum Gasteiger partial charge on any atom is -0.320 e. The van der Waals surface area contributed by atoms with Crippen molar-refractivity contribution in [3.8, 4) is 0 Å². The number of aromatic nitrogens is 3. The van der Waals surface area contributed by atoms with Crippen molar-refractivity contribution in [2.75, 3.05) is 11.1 Å². The van der Waals surface area contributed by atoms with Gasteiger partial charge in [-0.05, 0) is 31.0 Å². The molecule has 1 heterocycles. The number of hydrogen-bond acceptors (Lipinski definition) is 6. The summed E-state index contributed by atoms with van der Waals surface area (Å²) < 4.78 is 0. The molecule has 2 rings (SSSR count). The quantitative estimate of drug-likeness (QED) is 0.496. The normalized spacial score (nSPS) is 10.4. The van der Waals surface area contributed by atoms with E-state index in [1.165, 1.54) is 12.4 Å². The maximum Gasteiger partial charge on any atom is 0.293 e. The molecule has 0 fully saturated rings. The maximum absolute atomic E-state index is 11.9. The molecule has 1 aromatic carbocycles. The Balaban J connectivity index is 2.09. The zero-order valence-corrected chi connectivity index (χ0v) is 12.2. The van der Waals surface area contributed by atoms with E-state index in [1.54, 1.807) is 13.0 Å². The lowest BCUT2D eigenvalue weighted by Gasteiger charge is -2.08. The van der Waals surface area contributed by atoms with E-state index in [1.807, 2.05) is 6.92 Å². The van der Waals surface area contributed by atoms with Crippen molar-refractivity contribution < 1.29 is 9.72 Å². The van der Waals surface area contributed by atoms with Crippen LogP contribution in [0.1, 0.15) is 11.1 Å². The highest BCUT2D eigenvalue weighted by Gasteiger charge is 2.17. The molecule has 0 saturated carbocycles. The summed E-state index contributed by atoms with van der Waals surface area (Å²) in [7, 11) is 0. The van der Waals surface area contributed by atoms with Gasteiger partial charge in [-0.3, -0.25) is 20.0 Å². The summed E-state index contributed by atoms with van der Waals surface area (Å²) >= 11 is 1.16. The number of hydrogen-bond donors (Lipinski definition) is 2. The molecule has 1 amide bonds. The number of nitro benzene ring substituents is 1. The fourth-order valence-electron chi connectivity index (χ4n) is 1.64. The highest BCUT2D eigenvalue weighted by Crippen LogP contribution is 2.28. The number of thioether (sulfide) groups is 1. The molecular formula is C12H13N5O3S. The third-order valence-electron chi connectivity index (χ3n) is 2.82. The molecule has 0 unspecified atom stereocenters. The summed E-state index contributed by atoms with van der Waals surface area (Å²) in [5, 5.41) is 20.4. The van der Waals surface area contributed by atoms with E-state index in [9.17, 15) is 14.9 Å². The number of carbonyl (C=O) groups excluding carboxylic acids is 1. The van der Waals surface area contributed by atoms with Crippen molar-refractivity contribution in [2.45, 2.75) is 19.0 Å². The van der Waals surface area contributed by atoms with Crippen LogP contribution in [0.4, 0.5) is 11.4 Å². The van der Waals surface area contributed by atoms with Crippen molar-refractivity contribution in [3.05, 3.63) is 39.7 Å². The summed E-state index contributed by atoms with van der Waals surface area (Å²) in [5.74, 6) is -0.262. The molecule has 1 aromatic heterocycles. The number of aromatic amines is 1. The van der Waals surface area contributed by atoms with Crippen LogP contribution in [0.25, 0.3) is 0 Å². The predicted octanol–water partition coefficient (Wildman–Crippen LogP) is 2.06. The Labute approximate surface area is 124 Å². The summed E-state index contributed by atoms with van der Waals surface area (Å²) in [6.07, 6.45) is 1.34. The predicted molar refractivity (Wildman–Crippen MR) is 78.3 cm³/mol. The zero-order chi connectivity index (χ0) is 15.4. The third-order valence-corrected chi connectivity index (χ3v) is 3.69. The van der Waals surface area contributed by atoms with Crippen molar-refractivity contribution in [2.24, 2.45) is 0 Å². The number of anilines is 1. The molecule has 2 N–H and O–H groups in total. The second-order valence-electron chi connectivity index (χ2n) is 4.34. The first kappa shape index (κ1) is 15.0. The molecule has 0 aliphatic rings. The van der Waals surface area contributed by atoms with Crippen LogP contribution in [-0.2, 0) is 4.79 Å². The van der Waals surface area contributed by atoms with Gasteiger partial charge in [-0.25, -0.2) is 4.98 Å². The van der Waals surface area contributed by atoms with E-state index in [-0.39, 0.29) is 23.0 Å². The van der Waals surface area contributed by atoms with Crippen LogP contribution in [0.3, 0.4) is 0 Å². The van der Waals surface area contributed by atoms with Crippen molar-refractivity contribution in [1.82, 2.24) is 15.2 Å². The monoisotopic (exact) mass is 307 g/mol. The highest BCUT2D eigenvalue weighted by molar-refractivity contribution is 7.99. The van der Waals surface area contributed by atoms with E-state index in [4.69, 9.17) is 0 Å². The molecule has 2 aromatic rings. The molecule has 8 nitrogen and oxygen atoms in total. The highest BCUT2D eigenvalue weighted by atomic mass is 32.2. The number of amides is 1. The van der Waals surface area contributed by atoms with Crippen molar-refractivity contribution in [1.29, 1.82) is 0 Å². The first-order valence-corrected chi connectivity index (χ1v) is 6.99. The third kappa shape index (κ3) is 3.78. The summed E-state index contributed by atoms with van der Waals surface area (Å²) in [6, 6.07) is 3.05. The Morgan fingerprint density at radius 3 is 2.76 bits per heavy atom. The second-order valence-corrected chi connectivity index (χ2v) is 5.30. The van der Waals surface area contributed by atoms with Crippen LogP contribution in [-0.4, -0.2) is 31.8 Å². The minimum atomic E-state index is -0.508. The van der Waals surface area contributed by atoms with Gasteiger partial charge in [0.15, 0.2) is 5.16 Å². The van der Waals surface area contributed by atoms with Gasteiger partial charge in [0.1, 0.15) is 12.0 Å². The van der Waals surface area contributed by atoms with Gasteiger partial charge < -0.3 is 5.32 Å². The molecule has 0 spiro atoms. The number of rotatable bonds is 5. The Morgan fingerprint density at radius 2 is 2.14 bits per heavy atom. The fourth-order valence-corrected chi connectivity index (χ4v) is 2.22. The van der Waals surface area contributed by atoms with Crippen LogP contribution in [0.5, 0.6) is 0 Å². The van der Waals surface area contributed by atoms with Crippen LogP contribution in [0.2, 0.25) is 0 Å². The first-order valence-electron chi connectivity index (χ1n) is 6.01. The standard InChI is InChI=1S/C12H13N5O3S/c1-7-3-9(10(17(19)20)4-8(7)2)15-11(18)5-21-12-13-6-14-16-12/h3-4,6H,5H2,1-2H3,(H,15,18)(H,13,14,16). The van der Waals surface area contributed by atoms with E-state index in [2.05, 4.69) is 20.5 Å². The summed E-state index contributed by atoms with van der Waals surface area (Å²) in [5.41, 5.74) is 1.76.